The van der Waals surface area contributed by atoms with E-state index >= 15 is 0 Å². The maximum atomic E-state index is 13.4. The molecule has 0 aliphatic heterocycles. The standard InChI is InChI=1S/C14H12F6N4/c15-13(16,17)7-3-5(21)1-2-6(7)10-8(22)4-9(23)12(24)11(10)14(18,19)20/h1-4H,21-24H2. The highest BCUT2D eigenvalue weighted by molar-refractivity contribution is 5.91. The van der Waals surface area contributed by atoms with E-state index in [4.69, 9.17) is 22.9 Å². The van der Waals surface area contributed by atoms with E-state index in [9.17, 15) is 26.3 Å². The molecule has 0 aliphatic rings. The summed E-state index contributed by atoms with van der Waals surface area (Å²) in [7, 11) is 0. The van der Waals surface area contributed by atoms with Gasteiger partial charge in [-0.3, -0.25) is 0 Å². The van der Waals surface area contributed by atoms with Gasteiger partial charge in [0, 0.05) is 16.9 Å². The molecule has 0 aliphatic carbocycles. The molecular weight excluding hydrogens is 338 g/mol. The van der Waals surface area contributed by atoms with Crippen molar-refractivity contribution in [2.45, 2.75) is 12.4 Å². The number of anilines is 4. The van der Waals surface area contributed by atoms with E-state index in [0.29, 0.717) is 6.07 Å². The Hall–Kier alpha value is -2.78. The number of alkyl halides is 6. The summed E-state index contributed by atoms with van der Waals surface area (Å²) in [6.07, 6.45) is -10.0. The number of rotatable bonds is 1. The quantitative estimate of drug-likeness (QED) is 0.465. The van der Waals surface area contributed by atoms with Crippen LogP contribution in [0, 0.1) is 0 Å². The fraction of sp³-hybridized carbons (Fsp3) is 0.143. The molecule has 2 aromatic carbocycles. The van der Waals surface area contributed by atoms with E-state index in [0.717, 1.165) is 18.2 Å². The zero-order valence-electron chi connectivity index (χ0n) is 11.9. The molecular formula is C14H12F6N4. The molecule has 0 fully saturated rings. The minimum absolute atomic E-state index is 0.262. The van der Waals surface area contributed by atoms with E-state index in [-0.39, 0.29) is 5.69 Å². The predicted octanol–water partition coefficient (Wildman–Crippen LogP) is 3.72. The molecule has 0 spiro atoms. The fourth-order valence-corrected chi connectivity index (χ4v) is 2.34. The highest BCUT2D eigenvalue weighted by atomic mass is 19.4. The molecule has 0 heterocycles. The number of nitrogen functional groups attached to an aromatic ring is 4. The summed E-state index contributed by atoms with van der Waals surface area (Å²) in [6.45, 7) is 0. The summed E-state index contributed by atoms with van der Waals surface area (Å²) >= 11 is 0. The first-order valence-electron chi connectivity index (χ1n) is 6.35. The molecule has 0 aromatic heterocycles. The Kier molecular flexibility index (Phi) is 3.95. The Morgan fingerprint density at radius 1 is 0.708 bits per heavy atom. The summed E-state index contributed by atoms with van der Waals surface area (Å²) in [5.74, 6) is 0. The van der Waals surface area contributed by atoms with Gasteiger partial charge >= 0.3 is 12.4 Å². The second-order valence-electron chi connectivity index (χ2n) is 5.02. The van der Waals surface area contributed by atoms with Gasteiger partial charge in [-0.25, -0.2) is 0 Å². The molecule has 0 saturated carbocycles. The maximum Gasteiger partial charge on any atom is 0.419 e. The van der Waals surface area contributed by atoms with E-state index < -0.39 is 51.7 Å². The lowest BCUT2D eigenvalue weighted by molar-refractivity contribution is -0.139. The van der Waals surface area contributed by atoms with Gasteiger partial charge in [0.25, 0.3) is 0 Å². The average Bonchev–Trinajstić information content (AvgIpc) is 2.40. The third-order valence-electron chi connectivity index (χ3n) is 3.33. The fourth-order valence-electron chi connectivity index (χ4n) is 2.34. The number of hydrogen-bond donors (Lipinski definition) is 4. The second-order valence-corrected chi connectivity index (χ2v) is 5.02. The largest absolute Gasteiger partial charge is 0.419 e. The van der Waals surface area contributed by atoms with Crippen LogP contribution in [-0.4, -0.2) is 0 Å². The van der Waals surface area contributed by atoms with Crippen LogP contribution >= 0.6 is 0 Å². The summed E-state index contributed by atoms with van der Waals surface area (Å²) in [6, 6.07) is 3.27. The van der Waals surface area contributed by atoms with Crippen molar-refractivity contribution in [2.24, 2.45) is 0 Å². The van der Waals surface area contributed by atoms with E-state index in [1.54, 1.807) is 0 Å². The van der Waals surface area contributed by atoms with Gasteiger partial charge in [0.1, 0.15) is 0 Å². The Morgan fingerprint density at radius 2 is 1.29 bits per heavy atom. The number of halogens is 6. The zero-order chi connectivity index (χ0) is 18.4. The van der Waals surface area contributed by atoms with Crippen molar-refractivity contribution < 1.29 is 26.3 Å². The van der Waals surface area contributed by atoms with Crippen molar-refractivity contribution in [1.29, 1.82) is 0 Å². The van der Waals surface area contributed by atoms with Crippen LogP contribution in [0.1, 0.15) is 11.1 Å². The highest BCUT2D eigenvalue weighted by Crippen LogP contribution is 2.49. The monoisotopic (exact) mass is 350 g/mol. The van der Waals surface area contributed by atoms with Crippen LogP contribution in [0.3, 0.4) is 0 Å². The van der Waals surface area contributed by atoms with Crippen molar-refractivity contribution in [3.05, 3.63) is 35.4 Å². The molecule has 0 atom stereocenters. The Labute approximate surface area is 132 Å². The van der Waals surface area contributed by atoms with Gasteiger partial charge in [0.05, 0.1) is 22.5 Å². The van der Waals surface area contributed by atoms with Gasteiger partial charge in [-0.2, -0.15) is 26.3 Å². The molecule has 4 nitrogen and oxygen atoms in total. The van der Waals surface area contributed by atoms with E-state index in [1.165, 1.54) is 0 Å². The predicted molar refractivity (Wildman–Crippen MR) is 79.5 cm³/mol. The van der Waals surface area contributed by atoms with Crippen molar-refractivity contribution in [3.8, 4) is 11.1 Å². The topological polar surface area (TPSA) is 104 Å². The Bertz CT molecular complexity index is 795. The zero-order valence-corrected chi connectivity index (χ0v) is 11.9. The Morgan fingerprint density at radius 3 is 1.79 bits per heavy atom. The van der Waals surface area contributed by atoms with Crippen LogP contribution < -0.4 is 22.9 Å². The Balaban J connectivity index is 2.97. The molecule has 24 heavy (non-hydrogen) atoms. The van der Waals surface area contributed by atoms with E-state index in [1.807, 2.05) is 0 Å². The second kappa shape index (κ2) is 5.39. The van der Waals surface area contributed by atoms with Crippen molar-refractivity contribution >= 4 is 22.7 Å². The molecule has 130 valence electrons. The molecule has 0 radical (unpaired) electrons. The summed E-state index contributed by atoms with van der Waals surface area (Å²) in [4.78, 5) is 0. The summed E-state index contributed by atoms with van der Waals surface area (Å²) < 4.78 is 79.8. The van der Waals surface area contributed by atoms with Gasteiger partial charge in [0.2, 0.25) is 0 Å². The van der Waals surface area contributed by atoms with Gasteiger partial charge in [-0.15, -0.1) is 0 Å². The molecule has 8 N–H and O–H groups in total. The molecule has 0 amide bonds. The lowest BCUT2D eigenvalue weighted by Crippen LogP contribution is -2.16. The normalized spacial score (nSPS) is 12.4. The third-order valence-corrected chi connectivity index (χ3v) is 3.33. The molecule has 0 saturated heterocycles. The minimum Gasteiger partial charge on any atom is -0.399 e. The lowest BCUT2D eigenvalue weighted by atomic mass is 9.91. The minimum atomic E-state index is -5.06. The van der Waals surface area contributed by atoms with Crippen LogP contribution in [0.15, 0.2) is 24.3 Å². The van der Waals surface area contributed by atoms with Crippen molar-refractivity contribution in [2.75, 3.05) is 22.9 Å². The highest BCUT2D eigenvalue weighted by Gasteiger charge is 2.41. The van der Waals surface area contributed by atoms with Crippen LogP contribution in [0.25, 0.3) is 11.1 Å². The first kappa shape index (κ1) is 17.6. The lowest BCUT2D eigenvalue weighted by Gasteiger charge is -2.22. The summed E-state index contributed by atoms with van der Waals surface area (Å²) in [5.41, 5.74) is 14.8. The number of nitrogens with two attached hydrogens (primary N) is 4. The smallest absolute Gasteiger partial charge is 0.399 e. The number of hydrogen-bond acceptors (Lipinski definition) is 4. The molecule has 10 heteroatoms. The van der Waals surface area contributed by atoms with Crippen molar-refractivity contribution in [1.82, 2.24) is 0 Å². The first-order valence-corrected chi connectivity index (χ1v) is 6.35. The molecule has 2 rings (SSSR count). The van der Waals surface area contributed by atoms with Crippen LogP contribution in [0.4, 0.5) is 49.1 Å². The van der Waals surface area contributed by atoms with Crippen LogP contribution in [0.2, 0.25) is 0 Å². The number of benzene rings is 2. The SMILES string of the molecule is Nc1ccc(-c2c(N)cc(N)c(N)c2C(F)(F)F)c(C(F)(F)F)c1. The molecule has 0 unspecified atom stereocenters. The maximum absolute atomic E-state index is 13.4. The van der Waals surface area contributed by atoms with E-state index in [2.05, 4.69) is 0 Å². The van der Waals surface area contributed by atoms with Crippen LogP contribution in [-0.2, 0) is 12.4 Å². The first-order chi connectivity index (χ1) is 10.8. The molecule has 2 aromatic rings. The van der Waals surface area contributed by atoms with Crippen LogP contribution in [0.5, 0.6) is 0 Å². The van der Waals surface area contributed by atoms with Gasteiger partial charge < -0.3 is 22.9 Å². The van der Waals surface area contributed by atoms with Gasteiger partial charge in [-0.05, 0) is 23.8 Å². The third kappa shape index (κ3) is 2.99. The summed E-state index contributed by atoms with van der Waals surface area (Å²) in [5, 5.41) is 0. The van der Waals surface area contributed by atoms with Gasteiger partial charge in [-0.1, -0.05) is 6.07 Å². The van der Waals surface area contributed by atoms with Crippen molar-refractivity contribution in [3.63, 3.8) is 0 Å². The van der Waals surface area contributed by atoms with Gasteiger partial charge in [0.15, 0.2) is 0 Å². The average molecular weight is 350 g/mol. The molecule has 0 bridgehead atoms.